The van der Waals surface area contributed by atoms with Gasteiger partial charge in [0.2, 0.25) is 0 Å². The van der Waals surface area contributed by atoms with Gasteiger partial charge < -0.3 is 5.73 Å². The standard InChI is InChI=1S/C15H20N2O2/c1-3-7-13(12(16)4-2)17-14(18)10-8-5-6-9-11(10)15(17)19/h5-6,8-9,12-13H,3-4,7,16H2,1-2H3. The highest BCUT2D eigenvalue weighted by atomic mass is 16.2. The predicted octanol–water partition coefficient (Wildman–Crippen LogP) is 2.19. The van der Waals surface area contributed by atoms with E-state index in [2.05, 4.69) is 0 Å². The minimum absolute atomic E-state index is 0.165. The minimum Gasteiger partial charge on any atom is -0.326 e. The van der Waals surface area contributed by atoms with Gasteiger partial charge in [-0.1, -0.05) is 32.4 Å². The van der Waals surface area contributed by atoms with Crippen molar-refractivity contribution in [1.82, 2.24) is 4.90 Å². The molecule has 2 amide bonds. The van der Waals surface area contributed by atoms with Gasteiger partial charge in [-0.3, -0.25) is 14.5 Å². The molecule has 2 atom stereocenters. The average Bonchev–Trinajstić information content (AvgIpc) is 2.68. The molecule has 2 unspecified atom stereocenters. The van der Waals surface area contributed by atoms with Gasteiger partial charge in [0.25, 0.3) is 11.8 Å². The smallest absolute Gasteiger partial charge is 0.261 e. The molecule has 4 heteroatoms. The van der Waals surface area contributed by atoms with Crippen LogP contribution in [0.25, 0.3) is 0 Å². The molecule has 1 aromatic carbocycles. The van der Waals surface area contributed by atoms with Gasteiger partial charge in [0.15, 0.2) is 0 Å². The number of amides is 2. The molecule has 0 spiro atoms. The highest BCUT2D eigenvalue weighted by Gasteiger charge is 2.40. The Balaban J connectivity index is 2.36. The first-order chi connectivity index (χ1) is 9.11. The maximum atomic E-state index is 12.4. The number of carbonyl (C=O) groups is 2. The first kappa shape index (κ1) is 13.7. The number of benzene rings is 1. The van der Waals surface area contributed by atoms with E-state index in [1.807, 2.05) is 13.8 Å². The number of rotatable bonds is 5. The van der Waals surface area contributed by atoms with E-state index in [1.54, 1.807) is 24.3 Å². The number of hydrogen-bond donors (Lipinski definition) is 1. The second-order valence-electron chi connectivity index (χ2n) is 4.95. The summed E-state index contributed by atoms with van der Waals surface area (Å²) in [5, 5.41) is 0. The van der Waals surface area contributed by atoms with E-state index in [1.165, 1.54) is 4.90 Å². The topological polar surface area (TPSA) is 63.4 Å². The highest BCUT2D eigenvalue weighted by Crippen LogP contribution is 2.27. The Labute approximate surface area is 113 Å². The van der Waals surface area contributed by atoms with Crippen LogP contribution in [0, 0.1) is 0 Å². The van der Waals surface area contributed by atoms with Gasteiger partial charge in [-0.25, -0.2) is 0 Å². The second kappa shape index (κ2) is 5.53. The van der Waals surface area contributed by atoms with E-state index in [0.29, 0.717) is 11.1 Å². The largest absolute Gasteiger partial charge is 0.326 e. The van der Waals surface area contributed by atoms with E-state index in [9.17, 15) is 9.59 Å². The molecule has 1 aliphatic heterocycles. The quantitative estimate of drug-likeness (QED) is 0.825. The van der Waals surface area contributed by atoms with Crippen LogP contribution >= 0.6 is 0 Å². The van der Waals surface area contributed by atoms with Gasteiger partial charge in [-0.15, -0.1) is 0 Å². The van der Waals surface area contributed by atoms with Crippen molar-refractivity contribution in [2.75, 3.05) is 0 Å². The van der Waals surface area contributed by atoms with Crippen molar-refractivity contribution < 1.29 is 9.59 Å². The zero-order valence-corrected chi connectivity index (χ0v) is 11.4. The Bertz CT molecular complexity index is 464. The van der Waals surface area contributed by atoms with Gasteiger partial charge in [0.1, 0.15) is 0 Å². The monoisotopic (exact) mass is 260 g/mol. The number of fused-ring (bicyclic) bond motifs is 1. The van der Waals surface area contributed by atoms with E-state index < -0.39 is 0 Å². The highest BCUT2D eigenvalue weighted by molar-refractivity contribution is 6.21. The van der Waals surface area contributed by atoms with Crippen molar-refractivity contribution in [3.05, 3.63) is 35.4 Å². The number of carbonyl (C=O) groups excluding carboxylic acids is 2. The summed E-state index contributed by atoms with van der Waals surface area (Å²) in [6.07, 6.45) is 2.39. The summed E-state index contributed by atoms with van der Waals surface area (Å²) in [5.41, 5.74) is 7.09. The fraction of sp³-hybridized carbons (Fsp3) is 0.467. The van der Waals surface area contributed by atoms with Crippen molar-refractivity contribution in [1.29, 1.82) is 0 Å². The number of nitrogens with two attached hydrogens (primary N) is 1. The van der Waals surface area contributed by atoms with Crippen molar-refractivity contribution in [2.24, 2.45) is 5.73 Å². The molecule has 0 fully saturated rings. The van der Waals surface area contributed by atoms with Gasteiger partial charge in [0.05, 0.1) is 17.2 Å². The van der Waals surface area contributed by atoms with E-state index in [0.717, 1.165) is 19.3 Å². The predicted molar refractivity (Wildman–Crippen MR) is 73.9 cm³/mol. The van der Waals surface area contributed by atoms with E-state index >= 15 is 0 Å². The summed E-state index contributed by atoms with van der Waals surface area (Å²) in [5.74, 6) is -0.411. The fourth-order valence-electron chi connectivity index (χ4n) is 2.61. The van der Waals surface area contributed by atoms with Crippen molar-refractivity contribution >= 4 is 11.8 Å². The van der Waals surface area contributed by atoms with Crippen molar-refractivity contribution in [3.8, 4) is 0 Å². The summed E-state index contributed by atoms with van der Waals surface area (Å²) >= 11 is 0. The second-order valence-corrected chi connectivity index (χ2v) is 4.95. The molecule has 0 aromatic heterocycles. The van der Waals surface area contributed by atoms with Gasteiger partial charge in [0, 0.05) is 6.04 Å². The molecule has 102 valence electrons. The molecule has 1 aromatic rings. The number of imide groups is 1. The normalized spacial score (nSPS) is 17.5. The number of nitrogens with zero attached hydrogens (tertiary/aromatic N) is 1. The van der Waals surface area contributed by atoms with E-state index in [-0.39, 0.29) is 23.9 Å². The van der Waals surface area contributed by atoms with Crippen LogP contribution in [0.2, 0.25) is 0 Å². The average molecular weight is 260 g/mol. The third-order valence-electron chi connectivity index (χ3n) is 3.71. The maximum Gasteiger partial charge on any atom is 0.261 e. The Kier molecular flexibility index (Phi) is 4.00. The molecule has 19 heavy (non-hydrogen) atoms. The van der Waals surface area contributed by atoms with Gasteiger partial charge in [-0.05, 0) is 25.0 Å². The van der Waals surface area contributed by atoms with Crippen LogP contribution in [0.15, 0.2) is 24.3 Å². The lowest BCUT2D eigenvalue weighted by Gasteiger charge is -2.30. The Hall–Kier alpha value is -1.68. The zero-order valence-electron chi connectivity index (χ0n) is 11.4. The van der Waals surface area contributed by atoms with Crippen LogP contribution in [0.3, 0.4) is 0 Å². The summed E-state index contributed by atoms with van der Waals surface area (Å²) in [6, 6.07) is 6.60. The molecular weight excluding hydrogens is 240 g/mol. The summed E-state index contributed by atoms with van der Waals surface area (Å²) in [7, 11) is 0. The van der Waals surface area contributed by atoms with Crippen LogP contribution in [-0.4, -0.2) is 28.8 Å². The minimum atomic E-state index is -0.206. The first-order valence-electron chi connectivity index (χ1n) is 6.84. The Morgan fingerprint density at radius 2 is 1.63 bits per heavy atom. The summed E-state index contributed by atoms with van der Waals surface area (Å²) in [4.78, 5) is 26.2. The van der Waals surface area contributed by atoms with Crippen molar-refractivity contribution in [3.63, 3.8) is 0 Å². The molecule has 2 N–H and O–H groups in total. The maximum absolute atomic E-state index is 12.4. The van der Waals surface area contributed by atoms with Crippen LogP contribution in [0.5, 0.6) is 0 Å². The molecular formula is C15H20N2O2. The molecule has 4 nitrogen and oxygen atoms in total. The first-order valence-corrected chi connectivity index (χ1v) is 6.84. The SMILES string of the molecule is CCCC(C(N)CC)N1C(=O)c2ccccc2C1=O. The zero-order chi connectivity index (χ0) is 14.0. The molecule has 0 bridgehead atoms. The molecule has 0 saturated carbocycles. The molecule has 2 rings (SSSR count). The lowest BCUT2D eigenvalue weighted by molar-refractivity contribution is 0.0548. The Morgan fingerprint density at radius 1 is 1.11 bits per heavy atom. The van der Waals surface area contributed by atoms with E-state index in [4.69, 9.17) is 5.73 Å². The van der Waals surface area contributed by atoms with Gasteiger partial charge >= 0.3 is 0 Å². The molecule has 0 aliphatic carbocycles. The third kappa shape index (κ3) is 2.28. The number of hydrogen-bond acceptors (Lipinski definition) is 3. The van der Waals surface area contributed by atoms with Gasteiger partial charge in [-0.2, -0.15) is 0 Å². The van der Waals surface area contributed by atoms with Crippen molar-refractivity contribution in [2.45, 2.75) is 45.2 Å². The lowest BCUT2D eigenvalue weighted by atomic mass is 10.00. The van der Waals surface area contributed by atoms with Crippen LogP contribution in [0.1, 0.15) is 53.8 Å². The molecule has 1 aliphatic rings. The summed E-state index contributed by atoms with van der Waals surface area (Å²) < 4.78 is 0. The summed E-state index contributed by atoms with van der Waals surface area (Å²) in [6.45, 7) is 4.01. The van der Waals surface area contributed by atoms with Crippen LogP contribution in [-0.2, 0) is 0 Å². The van der Waals surface area contributed by atoms with Crippen LogP contribution < -0.4 is 5.73 Å². The molecule has 1 heterocycles. The fourth-order valence-corrected chi connectivity index (χ4v) is 2.61. The molecule has 0 radical (unpaired) electrons. The lowest BCUT2D eigenvalue weighted by Crippen LogP contribution is -2.50. The van der Waals surface area contributed by atoms with Crippen LogP contribution in [0.4, 0.5) is 0 Å². The molecule has 0 saturated heterocycles. The Morgan fingerprint density at radius 3 is 2.05 bits per heavy atom. The third-order valence-corrected chi connectivity index (χ3v) is 3.71.